The molecule has 1 aliphatic heterocycles. The van der Waals surface area contributed by atoms with E-state index in [1.807, 2.05) is 0 Å². The van der Waals surface area contributed by atoms with Crippen LogP contribution in [0, 0.1) is 5.41 Å². The minimum absolute atomic E-state index is 0.307. The molecule has 7 nitrogen and oxygen atoms in total. The zero-order chi connectivity index (χ0) is 16.7. The second-order valence-electron chi connectivity index (χ2n) is 5.33. The third-order valence-electron chi connectivity index (χ3n) is 3.44. The van der Waals surface area contributed by atoms with Crippen LogP contribution < -0.4 is 0 Å². The van der Waals surface area contributed by atoms with Crippen LogP contribution in [0.25, 0.3) is 0 Å². The number of thioether (sulfide) groups is 1. The van der Waals surface area contributed by atoms with Gasteiger partial charge in [-0.2, -0.15) is 0 Å². The summed E-state index contributed by atoms with van der Waals surface area (Å²) in [4.78, 5) is 0. The van der Waals surface area contributed by atoms with Gasteiger partial charge in [-0.15, -0.1) is 0 Å². The first kappa shape index (κ1) is 20.0. The molecule has 1 aliphatic rings. The third-order valence-corrected chi connectivity index (χ3v) is 5.42. The number of rotatable bonds is 8. The van der Waals surface area contributed by atoms with Crippen molar-refractivity contribution in [3.8, 4) is 0 Å². The Morgan fingerprint density at radius 3 is 2.45 bits per heavy atom. The number of hydrogen-bond donors (Lipinski definition) is 5. The lowest BCUT2D eigenvalue weighted by atomic mass is 10.0. The van der Waals surface area contributed by atoms with E-state index in [1.165, 1.54) is 0 Å². The van der Waals surface area contributed by atoms with Crippen molar-refractivity contribution in [2.45, 2.75) is 55.5 Å². The van der Waals surface area contributed by atoms with E-state index in [9.17, 15) is 19.5 Å². The van der Waals surface area contributed by atoms with Gasteiger partial charge in [-0.3, -0.25) is 9.62 Å². The standard InChI is InChI=1S/C13H25NO6S2/c1-22(19)6-4-2-3-5-9(14)21-13-12(18)11(17)10(16)8(7-15)20-13/h8,10-18H,2-7H2,1H3. The molecule has 1 rings (SSSR count). The van der Waals surface area contributed by atoms with Crippen LogP contribution in [0.5, 0.6) is 0 Å². The molecule has 1 fully saturated rings. The fourth-order valence-corrected chi connectivity index (χ4v) is 3.78. The molecule has 0 aromatic rings. The van der Waals surface area contributed by atoms with Crippen LogP contribution in [0.15, 0.2) is 0 Å². The lowest BCUT2D eigenvalue weighted by Crippen LogP contribution is -2.57. The number of nitrogens with one attached hydrogen (secondary N) is 1. The summed E-state index contributed by atoms with van der Waals surface area (Å²) in [5.74, 6) is 0.660. The van der Waals surface area contributed by atoms with Gasteiger partial charge < -0.3 is 25.2 Å². The summed E-state index contributed by atoms with van der Waals surface area (Å²) in [6.07, 6.45) is -0.364. The van der Waals surface area contributed by atoms with E-state index in [0.717, 1.165) is 31.0 Å². The molecule has 0 radical (unpaired) electrons. The average Bonchev–Trinajstić information content (AvgIpc) is 2.47. The highest BCUT2D eigenvalue weighted by Gasteiger charge is 2.43. The van der Waals surface area contributed by atoms with E-state index in [1.54, 1.807) is 6.26 Å². The number of ether oxygens (including phenoxy) is 1. The van der Waals surface area contributed by atoms with Crippen molar-refractivity contribution < 1.29 is 29.4 Å². The van der Waals surface area contributed by atoms with Crippen LogP contribution in [0.4, 0.5) is 0 Å². The Balaban J connectivity index is 2.35. The fraction of sp³-hybridized carbons (Fsp3) is 0.923. The fourth-order valence-electron chi connectivity index (χ4n) is 2.13. The summed E-state index contributed by atoms with van der Waals surface area (Å²) < 4.78 is 16.2. The van der Waals surface area contributed by atoms with Gasteiger partial charge in [-0.25, -0.2) is 0 Å². The first-order valence-corrected chi connectivity index (χ1v) is 9.82. The van der Waals surface area contributed by atoms with E-state index in [4.69, 9.17) is 15.3 Å². The van der Waals surface area contributed by atoms with Gasteiger partial charge in [0.1, 0.15) is 29.9 Å². The van der Waals surface area contributed by atoms with Crippen LogP contribution >= 0.6 is 11.8 Å². The van der Waals surface area contributed by atoms with Crippen molar-refractivity contribution in [1.29, 1.82) is 5.41 Å². The van der Waals surface area contributed by atoms with E-state index < -0.39 is 47.3 Å². The monoisotopic (exact) mass is 355 g/mol. The van der Waals surface area contributed by atoms with Crippen molar-refractivity contribution >= 4 is 27.6 Å². The van der Waals surface area contributed by atoms with Crippen LogP contribution in [0.2, 0.25) is 0 Å². The summed E-state index contributed by atoms with van der Waals surface area (Å²) in [5.41, 5.74) is -0.883. The Labute approximate surface area is 137 Å². The molecule has 22 heavy (non-hydrogen) atoms. The lowest BCUT2D eigenvalue weighted by Gasteiger charge is -2.39. The van der Waals surface area contributed by atoms with Crippen LogP contribution in [-0.4, -0.2) is 78.1 Å². The molecule has 1 heterocycles. The molecule has 6 unspecified atom stereocenters. The smallest absolute Gasteiger partial charge is 0.137 e. The number of aliphatic hydroxyl groups excluding tert-OH is 4. The second-order valence-corrected chi connectivity index (χ2v) is 8.07. The van der Waals surface area contributed by atoms with Gasteiger partial charge in [0.25, 0.3) is 0 Å². The molecule has 130 valence electrons. The molecule has 0 aromatic carbocycles. The minimum atomic E-state index is -1.41. The number of hydrogen-bond acceptors (Lipinski definition) is 8. The van der Waals surface area contributed by atoms with E-state index >= 15 is 0 Å². The summed E-state index contributed by atoms with van der Waals surface area (Å²) >= 11 is 0.987. The minimum Gasteiger partial charge on any atom is -0.394 e. The SMILES string of the molecule is CS(=O)CCCCCC(=N)SC1OC(CO)C(O)C(O)C1O. The predicted octanol–water partition coefficient (Wildman–Crippen LogP) is -0.564. The highest BCUT2D eigenvalue weighted by molar-refractivity contribution is 8.14. The lowest BCUT2D eigenvalue weighted by molar-refractivity contribution is -0.205. The van der Waals surface area contributed by atoms with E-state index in [-0.39, 0.29) is 0 Å². The van der Waals surface area contributed by atoms with Crippen molar-refractivity contribution in [2.24, 2.45) is 0 Å². The van der Waals surface area contributed by atoms with Crippen molar-refractivity contribution in [3.05, 3.63) is 0 Å². The number of unbranched alkanes of at least 4 members (excludes halogenated alkanes) is 2. The summed E-state index contributed by atoms with van der Waals surface area (Å²) in [6.45, 7) is -0.469. The van der Waals surface area contributed by atoms with Gasteiger partial charge in [0.05, 0.1) is 11.7 Å². The Hall–Kier alpha value is -0.0300. The maximum Gasteiger partial charge on any atom is 0.137 e. The highest BCUT2D eigenvalue weighted by Crippen LogP contribution is 2.30. The van der Waals surface area contributed by atoms with Gasteiger partial charge in [-0.05, 0) is 19.3 Å². The van der Waals surface area contributed by atoms with Crippen LogP contribution in [0.1, 0.15) is 25.7 Å². The summed E-state index contributed by atoms with van der Waals surface area (Å²) in [7, 11) is -0.790. The molecule has 0 aromatic heterocycles. The molecule has 0 aliphatic carbocycles. The molecule has 9 heteroatoms. The maximum absolute atomic E-state index is 10.9. The zero-order valence-corrected chi connectivity index (χ0v) is 14.2. The first-order valence-electron chi connectivity index (χ1n) is 7.21. The normalized spacial score (nSPS) is 33.6. The van der Waals surface area contributed by atoms with Crippen molar-refractivity contribution in [3.63, 3.8) is 0 Å². The summed E-state index contributed by atoms with van der Waals surface area (Å²) in [6, 6.07) is 0. The Bertz CT molecular complexity index is 382. The molecule has 0 bridgehead atoms. The third kappa shape index (κ3) is 6.23. The van der Waals surface area contributed by atoms with Gasteiger partial charge in [0, 0.05) is 22.8 Å². The number of aliphatic hydroxyl groups is 4. The molecular weight excluding hydrogens is 330 g/mol. The quantitative estimate of drug-likeness (QED) is 0.224. The predicted molar refractivity (Wildman–Crippen MR) is 86.5 cm³/mol. The van der Waals surface area contributed by atoms with E-state index in [0.29, 0.717) is 17.2 Å². The molecule has 0 saturated carbocycles. The van der Waals surface area contributed by atoms with Gasteiger partial charge in [-0.1, -0.05) is 18.2 Å². The molecule has 0 spiro atoms. The highest BCUT2D eigenvalue weighted by atomic mass is 32.2. The first-order chi connectivity index (χ1) is 10.4. The molecule has 1 saturated heterocycles. The molecular formula is C13H25NO6S2. The van der Waals surface area contributed by atoms with Crippen molar-refractivity contribution in [1.82, 2.24) is 0 Å². The zero-order valence-electron chi connectivity index (χ0n) is 12.6. The summed E-state index contributed by atoms with van der Waals surface area (Å²) in [5, 5.41) is 46.5. The largest absolute Gasteiger partial charge is 0.394 e. The maximum atomic E-state index is 10.9. The second kappa shape index (κ2) is 9.96. The molecule has 5 N–H and O–H groups in total. The topological polar surface area (TPSA) is 131 Å². The molecule has 6 atom stereocenters. The van der Waals surface area contributed by atoms with Gasteiger partial charge >= 0.3 is 0 Å². The molecule has 0 amide bonds. The Morgan fingerprint density at radius 1 is 1.18 bits per heavy atom. The van der Waals surface area contributed by atoms with Gasteiger partial charge in [0.15, 0.2) is 0 Å². The van der Waals surface area contributed by atoms with Crippen LogP contribution in [-0.2, 0) is 15.5 Å². The average molecular weight is 355 g/mol. The Morgan fingerprint density at radius 2 is 1.86 bits per heavy atom. The van der Waals surface area contributed by atoms with Crippen molar-refractivity contribution in [2.75, 3.05) is 18.6 Å². The van der Waals surface area contributed by atoms with E-state index in [2.05, 4.69) is 0 Å². The Kier molecular flexibility index (Phi) is 9.07. The van der Waals surface area contributed by atoms with Crippen LogP contribution in [0.3, 0.4) is 0 Å². The van der Waals surface area contributed by atoms with Gasteiger partial charge in [0.2, 0.25) is 0 Å².